The van der Waals surface area contributed by atoms with E-state index in [9.17, 15) is 17.2 Å². The number of dihydropyridines is 1. The molecule has 2 N–H and O–H groups in total. The third-order valence-electron chi connectivity index (χ3n) is 8.04. The Balaban J connectivity index is 1.45. The smallest absolute Gasteiger partial charge is 0.275 e. The topological polar surface area (TPSA) is 115 Å². The molecule has 0 amide bonds. The van der Waals surface area contributed by atoms with E-state index in [-0.39, 0.29) is 11.8 Å². The lowest BCUT2D eigenvalue weighted by molar-refractivity contribution is 0.0175. The Hall–Kier alpha value is -3.36. The molecule has 1 aromatic carbocycles. The zero-order valence-corrected chi connectivity index (χ0v) is 25.4. The molecule has 3 heterocycles. The number of hydrogen-bond acceptors (Lipinski definition) is 10. The van der Waals surface area contributed by atoms with Crippen LogP contribution in [-0.4, -0.2) is 106 Å². The summed E-state index contributed by atoms with van der Waals surface area (Å²) in [7, 11) is 1.57. The van der Waals surface area contributed by atoms with Crippen molar-refractivity contribution in [3.63, 3.8) is 0 Å². The van der Waals surface area contributed by atoms with Gasteiger partial charge in [0.1, 0.15) is 11.6 Å². The first-order valence-corrected chi connectivity index (χ1v) is 15.8. The van der Waals surface area contributed by atoms with Gasteiger partial charge in [-0.15, -0.1) is 0 Å². The molecule has 1 aromatic heterocycles. The third kappa shape index (κ3) is 6.35. The van der Waals surface area contributed by atoms with Crippen LogP contribution in [0.4, 0.5) is 31.9 Å². The summed E-state index contributed by atoms with van der Waals surface area (Å²) in [5.41, 5.74) is 2.79. The number of aromatic nitrogens is 2. The number of nitrogens with one attached hydrogen (secondary N) is 2. The van der Waals surface area contributed by atoms with Crippen LogP contribution in [0.15, 0.2) is 41.0 Å². The van der Waals surface area contributed by atoms with Crippen molar-refractivity contribution in [2.75, 3.05) is 75.7 Å². The number of alkyl halides is 2. The van der Waals surface area contributed by atoms with Gasteiger partial charge in [0.15, 0.2) is 0 Å². The number of ether oxygens (including phenoxy) is 1. The zero-order valence-electron chi connectivity index (χ0n) is 24.6. The maximum atomic E-state index is 14.7. The molecular weight excluding hydrogens is 566 g/mol. The van der Waals surface area contributed by atoms with Crippen LogP contribution in [-0.2, 0) is 15.9 Å². The van der Waals surface area contributed by atoms with E-state index in [2.05, 4.69) is 42.4 Å². The SMILES string of the molecule is COc1cc(N2CCN(C)CC2)ccc1Nc1ncc(C(C)(F)F)c(NC2CC3=NCCC=C3C2N(C)S(C)(=O)=O)n1. The molecule has 1 aliphatic carbocycles. The molecule has 11 nitrogen and oxygen atoms in total. The van der Waals surface area contributed by atoms with E-state index in [4.69, 9.17) is 4.74 Å². The molecule has 2 unspecified atom stereocenters. The molecule has 0 spiro atoms. The predicted octanol–water partition coefficient (Wildman–Crippen LogP) is 3.31. The summed E-state index contributed by atoms with van der Waals surface area (Å²) in [6.07, 6.45) is 5.27. The van der Waals surface area contributed by atoms with E-state index in [1.165, 1.54) is 11.4 Å². The van der Waals surface area contributed by atoms with Crippen LogP contribution in [0.3, 0.4) is 0 Å². The molecule has 2 fully saturated rings. The fraction of sp³-hybridized carbons (Fsp3) is 0.536. The van der Waals surface area contributed by atoms with Crippen molar-refractivity contribution in [3.05, 3.63) is 41.6 Å². The van der Waals surface area contributed by atoms with Crippen molar-refractivity contribution in [3.8, 4) is 5.75 Å². The number of methoxy groups -OCH3 is 1. The summed E-state index contributed by atoms with van der Waals surface area (Å²) in [6, 6.07) is 4.58. The Bertz CT molecular complexity index is 1490. The quantitative estimate of drug-likeness (QED) is 0.445. The van der Waals surface area contributed by atoms with Gasteiger partial charge in [0.25, 0.3) is 5.92 Å². The van der Waals surface area contributed by atoms with Gasteiger partial charge in [-0.05, 0) is 31.2 Å². The molecule has 0 radical (unpaired) electrons. The van der Waals surface area contributed by atoms with Gasteiger partial charge in [-0.2, -0.15) is 9.29 Å². The van der Waals surface area contributed by atoms with Gasteiger partial charge in [-0.1, -0.05) is 6.08 Å². The molecule has 14 heteroatoms. The average molecular weight is 605 g/mol. The molecule has 2 aromatic rings. The Morgan fingerprint density at radius 2 is 1.93 bits per heavy atom. The van der Waals surface area contributed by atoms with Gasteiger partial charge in [0.2, 0.25) is 16.0 Å². The predicted molar refractivity (Wildman–Crippen MR) is 161 cm³/mol. The maximum Gasteiger partial charge on any atom is 0.275 e. The van der Waals surface area contributed by atoms with Crippen LogP contribution in [0.2, 0.25) is 0 Å². The molecule has 5 rings (SSSR count). The van der Waals surface area contributed by atoms with E-state index in [1.54, 1.807) is 7.11 Å². The highest BCUT2D eigenvalue weighted by atomic mass is 32.2. The Kier molecular flexibility index (Phi) is 8.41. The highest BCUT2D eigenvalue weighted by Crippen LogP contribution is 2.38. The first kappa shape index (κ1) is 30.1. The number of likely N-dealkylation sites (N-methyl/N-ethyl adjacent to an activating group) is 2. The summed E-state index contributed by atoms with van der Waals surface area (Å²) in [5.74, 6) is -2.67. The number of nitrogens with zero attached hydrogens (tertiary/aromatic N) is 6. The lowest BCUT2D eigenvalue weighted by Gasteiger charge is -2.34. The number of aliphatic imine (C=N–C) groups is 1. The first-order valence-electron chi connectivity index (χ1n) is 13.9. The second-order valence-electron chi connectivity index (χ2n) is 11.1. The number of benzene rings is 1. The van der Waals surface area contributed by atoms with E-state index in [0.29, 0.717) is 30.8 Å². The monoisotopic (exact) mass is 604 g/mol. The van der Waals surface area contributed by atoms with Crippen molar-refractivity contribution in [1.29, 1.82) is 0 Å². The second-order valence-corrected chi connectivity index (χ2v) is 13.1. The molecule has 42 heavy (non-hydrogen) atoms. The van der Waals surface area contributed by atoms with Crippen LogP contribution in [0.25, 0.3) is 0 Å². The molecule has 1 saturated heterocycles. The summed E-state index contributed by atoms with van der Waals surface area (Å²) < 4.78 is 61.5. The lowest BCUT2D eigenvalue weighted by Crippen LogP contribution is -2.45. The van der Waals surface area contributed by atoms with Gasteiger partial charge < -0.3 is 25.2 Å². The van der Waals surface area contributed by atoms with Crippen LogP contribution in [0.5, 0.6) is 5.75 Å². The summed E-state index contributed by atoms with van der Waals surface area (Å²) >= 11 is 0. The number of anilines is 4. The number of piperazine rings is 1. The van der Waals surface area contributed by atoms with E-state index < -0.39 is 33.6 Å². The van der Waals surface area contributed by atoms with Crippen LogP contribution < -0.4 is 20.3 Å². The number of fused-ring (bicyclic) bond motifs is 1. The molecule has 1 saturated carbocycles. The highest BCUT2D eigenvalue weighted by molar-refractivity contribution is 7.88. The fourth-order valence-corrected chi connectivity index (χ4v) is 6.31. The van der Waals surface area contributed by atoms with Crippen molar-refractivity contribution in [2.24, 2.45) is 4.99 Å². The summed E-state index contributed by atoms with van der Waals surface area (Å²) in [4.78, 5) is 17.8. The second kappa shape index (κ2) is 11.7. The van der Waals surface area contributed by atoms with Crippen molar-refractivity contribution >= 4 is 38.9 Å². The molecule has 3 aliphatic rings. The van der Waals surface area contributed by atoms with Gasteiger partial charge in [-0.25, -0.2) is 22.2 Å². The van der Waals surface area contributed by atoms with Gasteiger partial charge in [0, 0.05) is 76.8 Å². The number of rotatable bonds is 9. The molecule has 228 valence electrons. The van der Waals surface area contributed by atoms with Gasteiger partial charge >= 0.3 is 0 Å². The standard InChI is InChI=1S/C28H38F2N8O3S/c1-28(29,30)20-17-32-27(34-21-9-8-18(15-24(21)41-4)38-13-11-36(2)12-14-38)35-26(20)33-23-16-22-19(7-6-10-31-22)25(23)37(3)42(5,39)40/h7-9,15,17,23,25H,6,10-14,16H2,1-5H3,(H2,32,33,34,35). The summed E-state index contributed by atoms with van der Waals surface area (Å²) in [6.45, 7) is 5.12. The first-order chi connectivity index (χ1) is 19.8. The normalized spacial score (nSPS) is 21.6. The van der Waals surface area contributed by atoms with Crippen LogP contribution >= 0.6 is 0 Å². The Labute approximate surface area is 245 Å². The van der Waals surface area contributed by atoms with Crippen LogP contribution in [0, 0.1) is 0 Å². The van der Waals surface area contributed by atoms with Crippen LogP contribution in [0.1, 0.15) is 25.3 Å². The zero-order chi connectivity index (χ0) is 30.2. The minimum absolute atomic E-state index is 0.0789. The van der Waals surface area contributed by atoms with E-state index in [1.807, 2.05) is 24.3 Å². The lowest BCUT2D eigenvalue weighted by atomic mass is 10.0. The highest BCUT2D eigenvalue weighted by Gasteiger charge is 2.43. The number of sulfonamides is 1. The average Bonchev–Trinajstić information content (AvgIpc) is 3.29. The number of halogens is 2. The number of hydrogen-bond donors (Lipinski definition) is 2. The Morgan fingerprint density at radius 1 is 1.19 bits per heavy atom. The van der Waals surface area contributed by atoms with Crippen molar-refractivity contribution < 1.29 is 21.9 Å². The fourth-order valence-electron chi connectivity index (χ4n) is 5.64. The van der Waals surface area contributed by atoms with Gasteiger partial charge in [0.05, 0.1) is 36.7 Å². The third-order valence-corrected chi connectivity index (χ3v) is 9.31. The molecule has 0 bridgehead atoms. The van der Waals surface area contributed by atoms with Crippen molar-refractivity contribution in [2.45, 2.75) is 37.8 Å². The molecule has 2 atom stereocenters. The molecule has 2 aliphatic heterocycles. The minimum Gasteiger partial charge on any atom is -0.494 e. The minimum atomic E-state index is -3.59. The van der Waals surface area contributed by atoms with Crippen molar-refractivity contribution in [1.82, 2.24) is 19.2 Å². The summed E-state index contributed by atoms with van der Waals surface area (Å²) in [5, 5.41) is 6.26. The Morgan fingerprint density at radius 3 is 2.60 bits per heavy atom. The molecular formula is C28H38F2N8O3S. The van der Waals surface area contributed by atoms with E-state index in [0.717, 1.165) is 62.5 Å². The maximum absolute atomic E-state index is 14.7. The largest absolute Gasteiger partial charge is 0.494 e. The van der Waals surface area contributed by atoms with E-state index >= 15 is 0 Å². The van der Waals surface area contributed by atoms with Gasteiger partial charge in [-0.3, -0.25) is 4.99 Å².